The third-order valence-corrected chi connectivity index (χ3v) is 3.29. The van der Waals surface area contributed by atoms with E-state index in [0.29, 0.717) is 27.2 Å². The molecule has 0 spiro atoms. The average molecular weight is 325 g/mol. The van der Waals surface area contributed by atoms with Crippen LogP contribution in [-0.2, 0) is 4.79 Å². The molecule has 0 aliphatic carbocycles. The Morgan fingerprint density at radius 3 is 2.57 bits per heavy atom. The van der Waals surface area contributed by atoms with Gasteiger partial charge in [-0.1, -0.05) is 29.3 Å². The number of nitrogen functional groups attached to an aromatic ring is 1. The molecular formula is C15H14Cl2N2O2. The number of carbonyl (C=O) groups excluding carboxylic acids is 1. The highest BCUT2D eigenvalue weighted by molar-refractivity contribution is 6.34. The largest absolute Gasteiger partial charge is 0.484 e. The normalized spacial score (nSPS) is 10.2. The Hall–Kier alpha value is -1.91. The van der Waals surface area contributed by atoms with E-state index in [1.807, 2.05) is 6.92 Å². The quantitative estimate of drug-likeness (QED) is 0.838. The highest BCUT2D eigenvalue weighted by atomic mass is 35.5. The molecule has 0 aromatic heterocycles. The lowest BCUT2D eigenvalue weighted by atomic mass is 10.1. The predicted octanol–water partition coefficient (Wildman–Crippen LogP) is 3.90. The van der Waals surface area contributed by atoms with Crippen LogP contribution in [0.15, 0.2) is 36.4 Å². The maximum absolute atomic E-state index is 11.9. The smallest absolute Gasteiger partial charge is 0.262 e. The zero-order valence-corrected chi connectivity index (χ0v) is 12.8. The van der Waals surface area contributed by atoms with E-state index in [1.165, 1.54) is 0 Å². The lowest BCUT2D eigenvalue weighted by molar-refractivity contribution is -0.118. The van der Waals surface area contributed by atoms with E-state index in [1.54, 1.807) is 36.4 Å². The first kappa shape index (κ1) is 15.5. The molecule has 0 saturated heterocycles. The monoisotopic (exact) mass is 324 g/mol. The van der Waals surface area contributed by atoms with Gasteiger partial charge < -0.3 is 15.8 Å². The van der Waals surface area contributed by atoms with Crippen molar-refractivity contribution in [2.75, 3.05) is 17.7 Å². The third kappa shape index (κ3) is 4.28. The number of carbonyl (C=O) groups is 1. The number of rotatable bonds is 4. The topological polar surface area (TPSA) is 64.3 Å². The first-order valence-corrected chi connectivity index (χ1v) is 6.95. The number of ether oxygens (including phenoxy) is 1. The molecule has 0 radical (unpaired) electrons. The van der Waals surface area contributed by atoms with Crippen molar-refractivity contribution in [3.8, 4) is 5.75 Å². The van der Waals surface area contributed by atoms with Gasteiger partial charge in [0.15, 0.2) is 6.61 Å². The van der Waals surface area contributed by atoms with Crippen molar-refractivity contribution in [2.45, 2.75) is 6.92 Å². The van der Waals surface area contributed by atoms with E-state index in [2.05, 4.69) is 5.32 Å². The van der Waals surface area contributed by atoms with Crippen LogP contribution in [0.1, 0.15) is 5.56 Å². The summed E-state index contributed by atoms with van der Waals surface area (Å²) in [5.41, 5.74) is 7.88. The van der Waals surface area contributed by atoms with Crippen molar-refractivity contribution >= 4 is 40.5 Å². The van der Waals surface area contributed by atoms with Crippen LogP contribution in [-0.4, -0.2) is 12.5 Å². The van der Waals surface area contributed by atoms with Gasteiger partial charge >= 0.3 is 0 Å². The molecular weight excluding hydrogens is 311 g/mol. The van der Waals surface area contributed by atoms with E-state index >= 15 is 0 Å². The summed E-state index contributed by atoms with van der Waals surface area (Å²) in [6, 6.07) is 10.1. The maximum atomic E-state index is 11.9. The van der Waals surface area contributed by atoms with Crippen molar-refractivity contribution in [3.05, 3.63) is 52.0 Å². The summed E-state index contributed by atoms with van der Waals surface area (Å²) in [6.45, 7) is 1.69. The minimum atomic E-state index is -0.292. The Bertz CT molecular complexity index is 654. The van der Waals surface area contributed by atoms with Crippen molar-refractivity contribution in [1.29, 1.82) is 0 Å². The standard InChI is InChI=1S/C15H14Cl2N2O2/c1-9-13(18)3-2-4-14(9)19-15(20)8-21-12-6-10(16)5-11(17)7-12/h2-7H,8,18H2,1H3,(H,19,20). The second kappa shape index (κ2) is 6.70. The summed E-state index contributed by atoms with van der Waals surface area (Å²) >= 11 is 11.7. The zero-order valence-electron chi connectivity index (χ0n) is 11.3. The van der Waals surface area contributed by atoms with Crippen molar-refractivity contribution in [1.82, 2.24) is 0 Å². The van der Waals surface area contributed by atoms with Gasteiger partial charge in [0.1, 0.15) is 5.75 Å². The van der Waals surface area contributed by atoms with E-state index in [4.69, 9.17) is 33.7 Å². The fourth-order valence-electron chi connectivity index (χ4n) is 1.74. The van der Waals surface area contributed by atoms with Crippen LogP contribution in [0, 0.1) is 6.92 Å². The summed E-state index contributed by atoms with van der Waals surface area (Å²) in [4.78, 5) is 11.9. The summed E-state index contributed by atoms with van der Waals surface area (Å²) in [7, 11) is 0. The molecule has 6 heteroatoms. The van der Waals surface area contributed by atoms with E-state index in [9.17, 15) is 4.79 Å². The minimum Gasteiger partial charge on any atom is -0.484 e. The molecule has 1 amide bonds. The van der Waals surface area contributed by atoms with Gasteiger partial charge in [-0.25, -0.2) is 0 Å². The van der Waals surface area contributed by atoms with Crippen LogP contribution in [0.4, 0.5) is 11.4 Å². The van der Waals surface area contributed by atoms with Crippen LogP contribution in [0.25, 0.3) is 0 Å². The number of anilines is 2. The van der Waals surface area contributed by atoms with Gasteiger partial charge in [-0.15, -0.1) is 0 Å². The van der Waals surface area contributed by atoms with Crippen molar-refractivity contribution in [3.63, 3.8) is 0 Å². The summed E-state index contributed by atoms with van der Waals surface area (Å²) < 4.78 is 5.36. The van der Waals surface area contributed by atoms with Gasteiger partial charge in [0.25, 0.3) is 5.91 Å². The number of nitrogens with two attached hydrogens (primary N) is 1. The summed E-state index contributed by atoms with van der Waals surface area (Å²) in [5.74, 6) is 0.145. The first-order chi connectivity index (χ1) is 9.95. The van der Waals surface area contributed by atoms with Gasteiger partial charge in [0.05, 0.1) is 0 Å². The Morgan fingerprint density at radius 1 is 1.24 bits per heavy atom. The second-order valence-corrected chi connectivity index (χ2v) is 5.33. The second-order valence-electron chi connectivity index (χ2n) is 4.46. The molecule has 0 unspecified atom stereocenters. The van der Waals surface area contributed by atoms with E-state index < -0.39 is 0 Å². The first-order valence-electron chi connectivity index (χ1n) is 6.19. The SMILES string of the molecule is Cc1c(N)cccc1NC(=O)COc1cc(Cl)cc(Cl)c1. The van der Waals surface area contributed by atoms with Gasteiger partial charge in [-0.2, -0.15) is 0 Å². The molecule has 0 aliphatic heterocycles. The molecule has 0 atom stereocenters. The Balaban J connectivity index is 1.97. The fraction of sp³-hybridized carbons (Fsp3) is 0.133. The van der Waals surface area contributed by atoms with Crippen LogP contribution >= 0.6 is 23.2 Å². The molecule has 110 valence electrons. The van der Waals surface area contributed by atoms with Crippen LogP contribution in [0.5, 0.6) is 5.75 Å². The number of halogens is 2. The minimum absolute atomic E-state index is 0.148. The highest BCUT2D eigenvalue weighted by Gasteiger charge is 2.08. The predicted molar refractivity (Wildman–Crippen MR) is 86.2 cm³/mol. The van der Waals surface area contributed by atoms with Crippen LogP contribution in [0.2, 0.25) is 10.0 Å². The van der Waals surface area contributed by atoms with Crippen molar-refractivity contribution < 1.29 is 9.53 Å². The van der Waals surface area contributed by atoms with E-state index in [-0.39, 0.29) is 12.5 Å². The molecule has 0 aliphatic rings. The summed E-state index contributed by atoms with van der Waals surface area (Å²) in [6.07, 6.45) is 0. The zero-order chi connectivity index (χ0) is 15.4. The molecule has 0 heterocycles. The molecule has 2 aromatic rings. The number of amides is 1. The average Bonchev–Trinajstić information content (AvgIpc) is 2.41. The van der Waals surface area contributed by atoms with Crippen LogP contribution < -0.4 is 15.8 Å². The Morgan fingerprint density at radius 2 is 1.90 bits per heavy atom. The van der Waals surface area contributed by atoms with Gasteiger partial charge in [-0.3, -0.25) is 4.79 Å². The molecule has 0 bridgehead atoms. The van der Waals surface area contributed by atoms with Gasteiger partial charge in [-0.05, 0) is 42.8 Å². The number of hydrogen-bond acceptors (Lipinski definition) is 3. The van der Waals surface area contributed by atoms with Gasteiger partial charge in [0.2, 0.25) is 0 Å². The fourth-order valence-corrected chi connectivity index (χ4v) is 2.24. The molecule has 2 rings (SSSR count). The molecule has 0 saturated carbocycles. The van der Waals surface area contributed by atoms with Crippen molar-refractivity contribution in [2.24, 2.45) is 0 Å². The van der Waals surface area contributed by atoms with E-state index in [0.717, 1.165) is 5.56 Å². The Labute approximate surface area is 132 Å². The number of benzene rings is 2. The Kier molecular flexibility index (Phi) is 4.94. The molecule has 21 heavy (non-hydrogen) atoms. The van der Waals surface area contributed by atoms with Gasteiger partial charge in [0, 0.05) is 21.4 Å². The third-order valence-electron chi connectivity index (χ3n) is 2.86. The highest BCUT2D eigenvalue weighted by Crippen LogP contribution is 2.24. The molecule has 0 fully saturated rings. The lowest BCUT2D eigenvalue weighted by Gasteiger charge is -2.11. The number of hydrogen-bond donors (Lipinski definition) is 2. The molecule has 2 aromatic carbocycles. The molecule has 3 N–H and O–H groups in total. The maximum Gasteiger partial charge on any atom is 0.262 e. The lowest BCUT2D eigenvalue weighted by Crippen LogP contribution is -2.20. The summed E-state index contributed by atoms with van der Waals surface area (Å²) in [5, 5.41) is 3.64. The number of nitrogens with one attached hydrogen (secondary N) is 1. The molecule has 4 nitrogen and oxygen atoms in total. The van der Waals surface area contributed by atoms with Crippen LogP contribution in [0.3, 0.4) is 0 Å².